The highest BCUT2D eigenvalue weighted by Crippen LogP contribution is 2.24. The maximum absolute atomic E-state index is 4.17. The number of nitrogens with zero attached hydrogens (tertiary/aromatic N) is 3. The van der Waals surface area contributed by atoms with Gasteiger partial charge in [-0.3, -0.25) is 4.98 Å². The molecule has 4 nitrogen and oxygen atoms in total. The van der Waals surface area contributed by atoms with Crippen LogP contribution < -0.4 is 5.32 Å². The maximum Gasteiger partial charge on any atom is 0.149 e. The Bertz CT molecular complexity index is 498. The Morgan fingerprint density at radius 3 is 2.88 bits per heavy atom. The van der Waals surface area contributed by atoms with Crippen LogP contribution in [0.4, 0.5) is 0 Å². The number of rotatable bonds is 4. The molecule has 0 aliphatic heterocycles. The molecule has 2 aromatic rings. The van der Waals surface area contributed by atoms with E-state index in [4.69, 9.17) is 0 Å². The van der Waals surface area contributed by atoms with E-state index in [1.165, 1.54) is 0 Å². The zero-order chi connectivity index (χ0) is 12.3. The van der Waals surface area contributed by atoms with Crippen molar-refractivity contribution in [2.75, 3.05) is 0 Å². The summed E-state index contributed by atoms with van der Waals surface area (Å²) in [5, 5.41) is 13.5. The third-order valence-electron chi connectivity index (χ3n) is 2.08. The Hall–Kier alpha value is -0.850. The van der Waals surface area contributed by atoms with Crippen LogP contribution in [0.3, 0.4) is 0 Å². The predicted molar refractivity (Wildman–Crippen MR) is 72.8 cm³/mol. The highest BCUT2D eigenvalue weighted by Gasteiger charge is 2.07. The molecule has 0 radical (unpaired) electrons. The molecule has 0 atom stereocenters. The monoisotopic (exact) mass is 312 g/mol. The Labute approximate surface area is 113 Å². The van der Waals surface area contributed by atoms with Crippen LogP contribution >= 0.6 is 27.3 Å². The highest BCUT2D eigenvalue weighted by atomic mass is 79.9. The number of hydrogen-bond donors (Lipinski definition) is 1. The maximum atomic E-state index is 4.17. The summed E-state index contributed by atoms with van der Waals surface area (Å²) in [4.78, 5) is 4.12. The summed E-state index contributed by atoms with van der Waals surface area (Å²) in [5.41, 5.74) is 0.993. The van der Waals surface area contributed by atoms with Crippen molar-refractivity contribution in [3.05, 3.63) is 27.9 Å². The van der Waals surface area contributed by atoms with Gasteiger partial charge < -0.3 is 5.32 Å². The number of hydrogen-bond acceptors (Lipinski definition) is 5. The summed E-state index contributed by atoms with van der Waals surface area (Å²) >= 11 is 4.99. The molecular weight excluding hydrogens is 300 g/mol. The van der Waals surface area contributed by atoms with Gasteiger partial charge in [0.1, 0.15) is 10.0 Å². The molecule has 0 aliphatic rings. The smallest absolute Gasteiger partial charge is 0.149 e. The summed E-state index contributed by atoms with van der Waals surface area (Å²) in [6, 6.07) is 2.45. The number of aromatic nitrogens is 3. The molecule has 0 bridgehead atoms. The summed E-state index contributed by atoms with van der Waals surface area (Å²) in [6.07, 6.45) is 3.55. The van der Waals surface area contributed by atoms with Gasteiger partial charge in [-0.2, -0.15) is 0 Å². The average molecular weight is 313 g/mol. The predicted octanol–water partition coefficient (Wildman–Crippen LogP) is 2.86. The highest BCUT2D eigenvalue weighted by molar-refractivity contribution is 9.10. The molecular formula is C11H13BrN4S. The molecule has 0 saturated carbocycles. The van der Waals surface area contributed by atoms with E-state index in [0.29, 0.717) is 6.04 Å². The largest absolute Gasteiger partial charge is 0.308 e. The molecule has 0 spiro atoms. The molecule has 0 amide bonds. The van der Waals surface area contributed by atoms with E-state index in [-0.39, 0.29) is 0 Å². The van der Waals surface area contributed by atoms with Crippen molar-refractivity contribution in [1.29, 1.82) is 0 Å². The van der Waals surface area contributed by atoms with Gasteiger partial charge in [0, 0.05) is 35.0 Å². The SMILES string of the molecule is CC(C)NCc1nnc(-c2cncc(Br)c2)s1. The first kappa shape index (κ1) is 12.6. The van der Waals surface area contributed by atoms with Gasteiger partial charge in [0.2, 0.25) is 0 Å². The number of nitrogens with one attached hydrogen (secondary N) is 1. The van der Waals surface area contributed by atoms with Crippen LogP contribution in [0.1, 0.15) is 18.9 Å². The Morgan fingerprint density at radius 1 is 1.35 bits per heavy atom. The Balaban J connectivity index is 2.12. The molecule has 6 heteroatoms. The van der Waals surface area contributed by atoms with E-state index >= 15 is 0 Å². The number of halogens is 1. The zero-order valence-electron chi connectivity index (χ0n) is 9.64. The van der Waals surface area contributed by atoms with Crippen LogP contribution in [0.2, 0.25) is 0 Å². The van der Waals surface area contributed by atoms with E-state index in [9.17, 15) is 0 Å². The molecule has 2 rings (SSSR count). The van der Waals surface area contributed by atoms with E-state index in [1.807, 2.05) is 6.07 Å². The topological polar surface area (TPSA) is 50.7 Å². The fourth-order valence-corrected chi connectivity index (χ4v) is 2.40. The minimum Gasteiger partial charge on any atom is -0.308 e. The van der Waals surface area contributed by atoms with Crippen LogP contribution in [0.15, 0.2) is 22.9 Å². The van der Waals surface area contributed by atoms with Gasteiger partial charge in [0.25, 0.3) is 0 Å². The second kappa shape index (κ2) is 5.66. The van der Waals surface area contributed by atoms with Crippen molar-refractivity contribution in [2.24, 2.45) is 0 Å². The van der Waals surface area contributed by atoms with E-state index in [0.717, 1.165) is 26.6 Å². The molecule has 0 unspecified atom stereocenters. The zero-order valence-corrected chi connectivity index (χ0v) is 12.0. The van der Waals surface area contributed by atoms with Crippen molar-refractivity contribution in [3.63, 3.8) is 0 Å². The number of pyridine rings is 1. The molecule has 2 heterocycles. The fourth-order valence-electron chi connectivity index (χ4n) is 1.26. The summed E-state index contributed by atoms with van der Waals surface area (Å²) in [6.45, 7) is 4.98. The summed E-state index contributed by atoms with van der Waals surface area (Å²) in [7, 11) is 0. The molecule has 0 saturated heterocycles. The van der Waals surface area contributed by atoms with Crippen molar-refractivity contribution < 1.29 is 0 Å². The van der Waals surface area contributed by atoms with Gasteiger partial charge in [-0.05, 0) is 22.0 Å². The molecule has 17 heavy (non-hydrogen) atoms. The first-order valence-corrected chi connectivity index (χ1v) is 6.93. The van der Waals surface area contributed by atoms with Gasteiger partial charge in [-0.15, -0.1) is 10.2 Å². The second-order valence-electron chi connectivity index (χ2n) is 3.93. The first-order chi connectivity index (χ1) is 8.15. The van der Waals surface area contributed by atoms with Crippen molar-refractivity contribution in [1.82, 2.24) is 20.5 Å². The lowest BCUT2D eigenvalue weighted by atomic mass is 10.3. The van der Waals surface area contributed by atoms with Gasteiger partial charge in [0.05, 0.1) is 0 Å². The van der Waals surface area contributed by atoms with E-state index < -0.39 is 0 Å². The van der Waals surface area contributed by atoms with Gasteiger partial charge in [-0.25, -0.2) is 0 Å². The van der Waals surface area contributed by atoms with Crippen molar-refractivity contribution >= 4 is 27.3 Å². The van der Waals surface area contributed by atoms with Gasteiger partial charge in [-0.1, -0.05) is 25.2 Å². The minimum absolute atomic E-state index is 0.454. The standard InChI is InChI=1S/C11H13BrN4S/c1-7(2)14-6-10-15-16-11(17-10)8-3-9(12)5-13-4-8/h3-5,7,14H,6H2,1-2H3. The van der Waals surface area contributed by atoms with Crippen LogP contribution in [0.25, 0.3) is 10.6 Å². The summed E-state index contributed by atoms with van der Waals surface area (Å²) in [5.74, 6) is 0. The van der Waals surface area contributed by atoms with E-state index in [2.05, 4.69) is 50.3 Å². The lowest BCUT2D eigenvalue weighted by Crippen LogP contribution is -2.21. The van der Waals surface area contributed by atoms with Crippen LogP contribution in [0.5, 0.6) is 0 Å². The first-order valence-electron chi connectivity index (χ1n) is 5.32. The third-order valence-corrected chi connectivity index (χ3v) is 3.49. The Morgan fingerprint density at radius 2 is 2.18 bits per heavy atom. The van der Waals surface area contributed by atoms with Crippen LogP contribution in [-0.2, 0) is 6.54 Å². The molecule has 90 valence electrons. The fraction of sp³-hybridized carbons (Fsp3) is 0.364. The molecule has 0 fully saturated rings. The normalized spacial score (nSPS) is 11.1. The van der Waals surface area contributed by atoms with Gasteiger partial charge in [0.15, 0.2) is 0 Å². The lowest BCUT2D eigenvalue weighted by Gasteiger charge is -2.03. The quantitative estimate of drug-likeness (QED) is 0.943. The van der Waals surface area contributed by atoms with Crippen molar-refractivity contribution in [2.45, 2.75) is 26.4 Å². The second-order valence-corrected chi connectivity index (χ2v) is 5.91. The minimum atomic E-state index is 0.454. The molecule has 2 aromatic heterocycles. The van der Waals surface area contributed by atoms with E-state index in [1.54, 1.807) is 23.7 Å². The molecule has 1 N–H and O–H groups in total. The summed E-state index contributed by atoms with van der Waals surface area (Å²) < 4.78 is 0.951. The van der Waals surface area contributed by atoms with Crippen LogP contribution in [0, 0.1) is 0 Å². The van der Waals surface area contributed by atoms with Gasteiger partial charge >= 0.3 is 0 Å². The Kier molecular flexibility index (Phi) is 4.20. The van der Waals surface area contributed by atoms with Crippen LogP contribution in [-0.4, -0.2) is 21.2 Å². The third kappa shape index (κ3) is 3.55. The molecule has 0 aliphatic carbocycles. The lowest BCUT2D eigenvalue weighted by molar-refractivity contribution is 0.585. The average Bonchev–Trinajstić information content (AvgIpc) is 2.75. The molecule has 0 aromatic carbocycles. The van der Waals surface area contributed by atoms with Crippen molar-refractivity contribution in [3.8, 4) is 10.6 Å².